The molecule has 0 saturated carbocycles. The van der Waals surface area contributed by atoms with Crippen LogP contribution < -0.4 is 4.74 Å². The second kappa shape index (κ2) is 7.43. The summed E-state index contributed by atoms with van der Waals surface area (Å²) < 4.78 is 5.42. The molecular formula is C17H27NO3. The van der Waals surface area contributed by atoms with Gasteiger partial charge in [0.1, 0.15) is 5.75 Å². The first kappa shape index (κ1) is 17.5. The monoisotopic (exact) mass is 293 g/mol. The number of carboxylic acids is 1. The molecule has 0 aromatic carbocycles. The number of hydrogen-bond acceptors (Lipinski definition) is 3. The van der Waals surface area contributed by atoms with E-state index < -0.39 is 11.4 Å². The largest absolute Gasteiger partial charge is 0.496 e. The van der Waals surface area contributed by atoms with Crippen LogP contribution in [0, 0.1) is 19.3 Å². The van der Waals surface area contributed by atoms with Crippen LogP contribution in [0.2, 0.25) is 0 Å². The highest BCUT2D eigenvalue weighted by Gasteiger charge is 2.37. The Hall–Kier alpha value is -1.58. The van der Waals surface area contributed by atoms with Gasteiger partial charge in [0.05, 0.1) is 12.5 Å². The Balaban J connectivity index is 3.17. The quantitative estimate of drug-likeness (QED) is 0.789. The van der Waals surface area contributed by atoms with E-state index in [0.29, 0.717) is 19.3 Å². The van der Waals surface area contributed by atoms with Crippen LogP contribution in [0.4, 0.5) is 0 Å². The van der Waals surface area contributed by atoms with E-state index in [1.54, 1.807) is 13.3 Å². The molecule has 0 spiro atoms. The van der Waals surface area contributed by atoms with E-state index in [2.05, 4.69) is 11.9 Å². The van der Waals surface area contributed by atoms with Gasteiger partial charge in [-0.15, -0.1) is 0 Å². The molecule has 1 aromatic rings. The van der Waals surface area contributed by atoms with Crippen molar-refractivity contribution in [3.63, 3.8) is 0 Å². The Bertz CT molecular complexity index is 499. The number of aromatic nitrogens is 1. The molecule has 1 atom stereocenters. The van der Waals surface area contributed by atoms with E-state index in [0.717, 1.165) is 35.4 Å². The van der Waals surface area contributed by atoms with Gasteiger partial charge >= 0.3 is 5.97 Å². The summed E-state index contributed by atoms with van der Waals surface area (Å²) in [7, 11) is 1.64. The van der Waals surface area contributed by atoms with E-state index in [1.165, 1.54) is 0 Å². The van der Waals surface area contributed by atoms with Crippen molar-refractivity contribution in [3.05, 3.63) is 23.0 Å². The Kier molecular flexibility index (Phi) is 6.19. The van der Waals surface area contributed by atoms with Gasteiger partial charge in [-0.3, -0.25) is 9.78 Å². The molecule has 0 saturated heterocycles. The summed E-state index contributed by atoms with van der Waals surface area (Å²) in [5.74, 6) is 0.0880. The van der Waals surface area contributed by atoms with Gasteiger partial charge < -0.3 is 9.84 Å². The van der Waals surface area contributed by atoms with Crippen molar-refractivity contribution in [1.29, 1.82) is 0 Å². The lowest BCUT2D eigenvalue weighted by atomic mass is 9.75. The molecule has 0 fully saturated rings. The van der Waals surface area contributed by atoms with E-state index in [4.69, 9.17) is 4.74 Å². The Morgan fingerprint density at radius 3 is 2.52 bits per heavy atom. The van der Waals surface area contributed by atoms with E-state index >= 15 is 0 Å². The predicted molar refractivity (Wildman–Crippen MR) is 83.9 cm³/mol. The molecule has 0 aliphatic carbocycles. The molecule has 0 aliphatic rings. The van der Waals surface area contributed by atoms with Gasteiger partial charge in [-0.1, -0.05) is 26.7 Å². The maximum atomic E-state index is 11.8. The maximum absolute atomic E-state index is 11.8. The minimum Gasteiger partial charge on any atom is -0.496 e. The van der Waals surface area contributed by atoms with Gasteiger partial charge in [-0.05, 0) is 26.7 Å². The van der Waals surface area contributed by atoms with Gasteiger partial charge in [0.25, 0.3) is 0 Å². The third-order valence-electron chi connectivity index (χ3n) is 4.39. The molecule has 0 radical (unpaired) electrons. The highest BCUT2D eigenvalue weighted by atomic mass is 16.5. The highest BCUT2D eigenvalue weighted by molar-refractivity contribution is 5.75. The third kappa shape index (κ3) is 3.74. The summed E-state index contributed by atoms with van der Waals surface area (Å²) >= 11 is 0. The number of pyridine rings is 1. The van der Waals surface area contributed by atoms with Crippen LogP contribution in [0.15, 0.2) is 6.20 Å². The summed E-state index contributed by atoms with van der Waals surface area (Å²) in [5, 5.41) is 9.72. The van der Waals surface area contributed by atoms with Crippen molar-refractivity contribution in [2.24, 2.45) is 5.41 Å². The number of aryl methyl sites for hydroxylation is 1. The molecule has 0 bridgehead atoms. The van der Waals surface area contributed by atoms with Crippen LogP contribution in [-0.2, 0) is 11.2 Å². The lowest BCUT2D eigenvalue weighted by molar-refractivity contribution is -0.149. The Morgan fingerprint density at radius 2 is 2.05 bits per heavy atom. The Labute approximate surface area is 127 Å². The smallest absolute Gasteiger partial charge is 0.310 e. The number of methoxy groups -OCH3 is 1. The summed E-state index contributed by atoms with van der Waals surface area (Å²) in [4.78, 5) is 16.3. The van der Waals surface area contributed by atoms with Crippen molar-refractivity contribution in [3.8, 4) is 5.75 Å². The number of carboxylic acid groups (broad SMARTS) is 1. The summed E-state index contributed by atoms with van der Waals surface area (Å²) in [6.07, 6.45) is 5.44. The zero-order valence-electron chi connectivity index (χ0n) is 13.8. The first-order valence-electron chi connectivity index (χ1n) is 7.64. The minimum absolute atomic E-state index is 0.460. The van der Waals surface area contributed by atoms with Crippen molar-refractivity contribution in [2.45, 2.75) is 59.8 Å². The van der Waals surface area contributed by atoms with E-state index in [1.807, 2.05) is 20.8 Å². The fourth-order valence-corrected chi connectivity index (χ4v) is 2.81. The zero-order chi connectivity index (χ0) is 16.0. The minimum atomic E-state index is -0.728. The lowest BCUT2D eigenvalue weighted by Gasteiger charge is -2.28. The number of rotatable bonds is 8. The molecule has 0 amide bonds. The number of aliphatic carboxylic acids is 1. The van der Waals surface area contributed by atoms with Crippen LogP contribution >= 0.6 is 0 Å². The molecule has 21 heavy (non-hydrogen) atoms. The normalized spacial score (nSPS) is 13.8. The molecule has 1 aromatic heterocycles. The Morgan fingerprint density at radius 1 is 1.38 bits per heavy atom. The van der Waals surface area contributed by atoms with Gasteiger partial charge in [0.15, 0.2) is 0 Å². The van der Waals surface area contributed by atoms with Crippen LogP contribution in [0.1, 0.15) is 56.4 Å². The SMILES string of the molecule is CCCCC(CC)(Cc1ncc(C)c(OC)c1C)C(=O)O. The molecule has 4 heteroatoms. The second-order valence-corrected chi connectivity index (χ2v) is 5.77. The summed E-state index contributed by atoms with van der Waals surface area (Å²) in [6, 6.07) is 0. The molecule has 1 heterocycles. The van der Waals surface area contributed by atoms with Crippen LogP contribution in [-0.4, -0.2) is 23.2 Å². The zero-order valence-corrected chi connectivity index (χ0v) is 13.8. The topological polar surface area (TPSA) is 59.4 Å². The average molecular weight is 293 g/mol. The fourth-order valence-electron chi connectivity index (χ4n) is 2.81. The van der Waals surface area contributed by atoms with Crippen molar-refractivity contribution in [1.82, 2.24) is 4.98 Å². The average Bonchev–Trinajstić information content (AvgIpc) is 2.46. The van der Waals surface area contributed by atoms with Crippen molar-refractivity contribution < 1.29 is 14.6 Å². The van der Waals surface area contributed by atoms with Crippen LogP contribution in [0.5, 0.6) is 5.75 Å². The van der Waals surface area contributed by atoms with E-state index in [9.17, 15) is 9.90 Å². The van der Waals surface area contributed by atoms with E-state index in [-0.39, 0.29) is 0 Å². The maximum Gasteiger partial charge on any atom is 0.310 e. The molecular weight excluding hydrogens is 266 g/mol. The number of hydrogen-bond donors (Lipinski definition) is 1. The third-order valence-corrected chi connectivity index (χ3v) is 4.39. The predicted octanol–water partition coefficient (Wildman–Crippen LogP) is 3.92. The molecule has 1 N–H and O–H groups in total. The number of unbranched alkanes of at least 4 members (excludes halogenated alkanes) is 1. The summed E-state index contributed by atoms with van der Waals surface area (Å²) in [6.45, 7) is 7.94. The van der Waals surface area contributed by atoms with Crippen molar-refractivity contribution in [2.75, 3.05) is 7.11 Å². The summed E-state index contributed by atoms with van der Waals surface area (Å²) in [5.41, 5.74) is 2.03. The van der Waals surface area contributed by atoms with Gasteiger partial charge in [0, 0.05) is 29.4 Å². The van der Waals surface area contributed by atoms with Gasteiger partial charge in [-0.25, -0.2) is 0 Å². The molecule has 4 nitrogen and oxygen atoms in total. The molecule has 1 rings (SSSR count). The highest BCUT2D eigenvalue weighted by Crippen LogP contribution is 2.35. The molecule has 1 unspecified atom stereocenters. The molecule has 118 valence electrons. The first-order valence-corrected chi connectivity index (χ1v) is 7.64. The lowest BCUT2D eigenvalue weighted by Crippen LogP contribution is -2.33. The number of nitrogens with zero attached hydrogens (tertiary/aromatic N) is 1. The standard InChI is InChI=1S/C17H27NO3/c1-6-8-9-17(7-2,16(19)20)10-14-13(4)15(21-5)12(3)11-18-14/h11H,6-10H2,1-5H3,(H,19,20). The van der Waals surface area contributed by atoms with Crippen LogP contribution in [0.3, 0.4) is 0 Å². The number of ether oxygens (including phenoxy) is 1. The van der Waals surface area contributed by atoms with Gasteiger partial charge in [0.2, 0.25) is 0 Å². The fraction of sp³-hybridized carbons (Fsp3) is 0.647. The van der Waals surface area contributed by atoms with Gasteiger partial charge in [-0.2, -0.15) is 0 Å². The molecule has 0 aliphatic heterocycles. The number of carbonyl (C=O) groups is 1. The second-order valence-electron chi connectivity index (χ2n) is 5.77. The first-order chi connectivity index (χ1) is 9.91. The van der Waals surface area contributed by atoms with Crippen molar-refractivity contribution >= 4 is 5.97 Å². The van der Waals surface area contributed by atoms with Crippen LogP contribution in [0.25, 0.3) is 0 Å².